The third-order valence-electron chi connectivity index (χ3n) is 16.0. The number of hydrogen-bond acceptors (Lipinski definition) is 6. The molecule has 0 bridgehead atoms. The normalized spacial score (nSPS) is 12.4. The van der Waals surface area contributed by atoms with Gasteiger partial charge in [0, 0.05) is 19.3 Å². The Labute approximate surface area is 504 Å². The van der Waals surface area contributed by atoms with Gasteiger partial charge in [-0.2, -0.15) is 0 Å². The summed E-state index contributed by atoms with van der Waals surface area (Å²) < 4.78 is 17.0. The van der Waals surface area contributed by atoms with Gasteiger partial charge in [-0.3, -0.25) is 14.4 Å². The molecule has 6 nitrogen and oxygen atoms in total. The van der Waals surface area contributed by atoms with Gasteiger partial charge in [0.2, 0.25) is 0 Å². The van der Waals surface area contributed by atoms with E-state index in [0.29, 0.717) is 19.3 Å². The lowest BCUT2D eigenvalue weighted by Crippen LogP contribution is -2.30. The van der Waals surface area contributed by atoms with E-state index in [1.165, 1.54) is 244 Å². The SMILES string of the molecule is CCCCCC/C=C\C/C=C\CCCCCCCC(=O)OC(COC(=O)CCCCCCC/C=C\CCCCCCCCC)COC(=O)CCCCCCCCCCCCCCCCCCCCC/C=C\C/C=C\CCCCCCC. The van der Waals surface area contributed by atoms with Crippen LogP contribution in [-0.2, 0) is 28.6 Å². The Hall–Kier alpha value is -2.89. The first kappa shape index (κ1) is 78.1. The lowest BCUT2D eigenvalue weighted by molar-refractivity contribution is -0.167. The molecule has 0 aliphatic heterocycles. The summed E-state index contributed by atoms with van der Waals surface area (Å²) in [7, 11) is 0. The van der Waals surface area contributed by atoms with Gasteiger partial charge < -0.3 is 14.2 Å². The van der Waals surface area contributed by atoms with Crippen LogP contribution < -0.4 is 0 Å². The molecule has 1 unspecified atom stereocenters. The Kier molecular flexibility index (Phi) is 67.1. The van der Waals surface area contributed by atoms with Crippen LogP contribution in [0.3, 0.4) is 0 Å². The molecule has 0 aliphatic rings. The van der Waals surface area contributed by atoms with Crippen LogP contribution in [0, 0.1) is 0 Å². The van der Waals surface area contributed by atoms with Crippen LogP contribution in [0.2, 0.25) is 0 Å². The van der Waals surface area contributed by atoms with Gasteiger partial charge in [-0.05, 0) is 109 Å². The van der Waals surface area contributed by atoms with Crippen molar-refractivity contribution in [3.8, 4) is 0 Å². The van der Waals surface area contributed by atoms with Crippen molar-refractivity contribution in [1.29, 1.82) is 0 Å². The van der Waals surface area contributed by atoms with Crippen molar-refractivity contribution in [3.63, 3.8) is 0 Å². The average Bonchev–Trinajstić information content (AvgIpc) is 3.47. The highest BCUT2D eigenvalue weighted by molar-refractivity contribution is 5.71. The van der Waals surface area contributed by atoms with E-state index in [2.05, 4.69) is 81.5 Å². The summed E-state index contributed by atoms with van der Waals surface area (Å²) in [5, 5.41) is 0. The molecule has 0 spiro atoms. The third kappa shape index (κ3) is 67.8. The fourth-order valence-electron chi connectivity index (χ4n) is 10.6. The van der Waals surface area contributed by atoms with Crippen LogP contribution in [0.25, 0.3) is 0 Å². The van der Waals surface area contributed by atoms with Gasteiger partial charge in [0.05, 0.1) is 0 Å². The number of hydrogen-bond donors (Lipinski definition) is 0. The maximum Gasteiger partial charge on any atom is 0.306 e. The van der Waals surface area contributed by atoms with Gasteiger partial charge in [-0.15, -0.1) is 0 Å². The number of ether oxygens (including phenoxy) is 3. The second kappa shape index (κ2) is 69.6. The molecule has 6 heteroatoms. The molecule has 1 atom stereocenters. The summed E-state index contributed by atoms with van der Waals surface area (Å²) in [5.41, 5.74) is 0. The first-order valence-electron chi connectivity index (χ1n) is 35.8. The van der Waals surface area contributed by atoms with Crippen molar-refractivity contribution in [2.45, 2.75) is 386 Å². The third-order valence-corrected chi connectivity index (χ3v) is 16.0. The zero-order valence-corrected chi connectivity index (χ0v) is 54.3. The molecule has 0 amide bonds. The van der Waals surface area contributed by atoms with Crippen molar-refractivity contribution >= 4 is 17.9 Å². The molecule has 0 aromatic rings. The molecule has 0 rings (SSSR count). The van der Waals surface area contributed by atoms with Crippen LogP contribution in [0.15, 0.2) is 60.8 Å². The summed E-state index contributed by atoms with van der Waals surface area (Å²) >= 11 is 0. The molecular formula is C75H136O6. The van der Waals surface area contributed by atoms with Gasteiger partial charge in [0.25, 0.3) is 0 Å². The highest BCUT2D eigenvalue weighted by Crippen LogP contribution is 2.18. The Morgan fingerprint density at radius 2 is 0.444 bits per heavy atom. The van der Waals surface area contributed by atoms with Crippen molar-refractivity contribution in [3.05, 3.63) is 60.8 Å². The van der Waals surface area contributed by atoms with E-state index >= 15 is 0 Å². The van der Waals surface area contributed by atoms with Crippen molar-refractivity contribution in [1.82, 2.24) is 0 Å². The molecule has 0 fully saturated rings. The Morgan fingerprint density at radius 1 is 0.247 bits per heavy atom. The lowest BCUT2D eigenvalue weighted by Gasteiger charge is -2.18. The quantitative estimate of drug-likeness (QED) is 0.0261. The molecule has 0 saturated carbocycles. The number of rotatable bonds is 66. The second-order valence-corrected chi connectivity index (χ2v) is 24.1. The highest BCUT2D eigenvalue weighted by Gasteiger charge is 2.19. The zero-order valence-electron chi connectivity index (χ0n) is 54.3. The van der Waals surface area contributed by atoms with Crippen LogP contribution in [0.4, 0.5) is 0 Å². The molecule has 0 saturated heterocycles. The van der Waals surface area contributed by atoms with Crippen LogP contribution >= 0.6 is 0 Å². The molecule has 0 heterocycles. The highest BCUT2D eigenvalue weighted by atomic mass is 16.6. The first-order chi connectivity index (χ1) is 40.0. The van der Waals surface area contributed by atoms with Gasteiger partial charge in [0.15, 0.2) is 6.10 Å². The molecule has 0 aliphatic carbocycles. The Balaban J connectivity index is 4.20. The number of unbranched alkanes of at least 4 members (excludes halogenated alkanes) is 45. The zero-order chi connectivity index (χ0) is 58.5. The van der Waals surface area contributed by atoms with Gasteiger partial charge >= 0.3 is 17.9 Å². The molecule has 81 heavy (non-hydrogen) atoms. The minimum Gasteiger partial charge on any atom is -0.462 e. The van der Waals surface area contributed by atoms with Crippen LogP contribution in [-0.4, -0.2) is 37.2 Å². The minimum atomic E-state index is -0.785. The van der Waals surface area contributed by atoms with Crippen LogP contribution in [0.1, 0.15) is 380 Å². The standard InChI is InChI=1S/C75H136O6/c1-4-7-10-13-16-19-22-25-28-31-32-33-34-35-36-37-38-39-40-41-42-43-44-45-48-50-53-56-59-62-65-68-74(77)80-71-72(81-75(78)69-66-63-60-57-54-51-47-30-27-24-21-18-15-12-9-6-3)70-79-73(76)67-64-61-58-55-52-49-46-29-26-23-20-17-14-11-8-5-2/h21-22,24-25,29-32,46-47,72H,4-20,23,26-28,33-45,48-71H2,1-3H3/b24-21-,25-22-,32-31-,46-29-,47-30-. The van der Waals surface area contributed by atoms with E-state index in [1.54, 1.807) is 0 Å². The summed E-state index contributed by atoms with van der Waals surface area (Å²) in [4.78, 5) is 38.4. The fraction of sp³-hybridized carbons (Fsp3) is 0.827. The number of carbonyl (C=O) groups excluding carboxylic acids is 3. The topological polar surface area (TPSA) is 78.9 Å². The monoisotopic (exact) mass is 1130 g/mol. The van der Waals surface area contributed by atoms with Crippen LogP contribution in [0.5, 0.6) is 0 Å². The summed E-state index contributed by atoms with van der Waals surface area (Å²) in [5.74, 6) is -0.879. The Morgan fingerprint density at radius 3 is 0.704 bits per heavy atom. The maximum atomic E-state index is 12.9. The smallest absolute Gasteiger partial charge is 0.306 e. The van der Waals surface area contributed by atoms with Gasteiger partial charge in [-0.25, -0.2) is 0 Å². The first-order valence-corrected chi connectivity index (χ1v) is 35.8. The van der Waals surface area contributed by atoms with Gasteiger partial charge in [-0.1, -0.05) is 313 Å². The summed E-state index contributed by atoms with van der Waals surface area (Å²) in [6, 6.07) is 0. The fourth-order valence-corrected chi connectivity index (χ4v) is 10.6. The van der Waals surface area contributed by atoms with Crippen molar-refractivity contribution in [2.75, 3.05) is 13.2 Å². The van der Waals surface area contributed by atoms with E-state index in [9.17, 15) is 14.4 Å². The predicted octanol–water partition coefficient (Wildman–Crippen LogP) is 24.7. The van der Waals surface area contributed by atoms with E-state index in [0.717, 1.165) is 96.3 Å². The second-order valence-electron chi connectivity index (χ2n) is 24.1. The van der Waals surface area contributed by atoms with E-state index in [-0.39, 0.29) is 31.1 Å². The van der Waals surface area contributed by atoms with E-state index < -0.39 is 6.10 Å². The Bertz CT molecular complexity index is 1440. The number of esters is 3. The molecule has 0 N–H and O–H groups in total. The van der Waals surface area contributed by atoms with Crippen molar-refractivity contribution < 1.29 is 28.6 Å². The molecule has 472 valence electrons. The molecular weight excluding hydrogens is 997 g/mol. The summed E-state index contributed by atoms with van der Waals surface area (Å²) in [6.45, 7) is 6.65. The predicted molar refractivity (Wildman–Crippen MR) is 353 cm³/mol. The summed E-state index contributed by atoms with van der Waals surface area (Å²) in [6.07, 6.45) is 89.7. The van der Waals surface area contributed by atoms with E-state index in [1.807, 2.05) is 0 Å². The van der Waals surface area contributed by atoms with Crippen molar-refractivity contribution in [2.24, 2.45) is 0 Å². The maximum absolute atomic E-state index is 12.9. The number of carbonyl (C=O) groups is 3. The average molecular weight is 1130 g/mol. The minimum absolute atomic E-state index is 0.0789. The largest absolute Gasteiger partial charge is 0.462 e. The number of allylic oxidation sites excluding steroid dienone is 10. The van der Waals surface area contributed by atoms with Gasteiger partial charge in [0.1, 0.15) is 13.2 Å². The lowest BCUT2D eigenvalue weighted by atomic mass is 10.0. The molecule has 0 radical (unpaired) electrons. The molecule has 0 aromatic carbocycles. The molecule has 0 aromatic heterocycles. The van der Waals surface area contributed by atoms with E-state index in [4.69, 9.17) is 14.2 Å².